The second-order valence-corrected chi connectivity index (χ2v) is 19.1. The lowest BCUT2D eigenvalue weighted by atomic mass is 10.1. The summed E-state index contributed by atoms with van der Waals surface area (Å²) in [5.41, 5.74) is 0. The average Bonchev–Trinajstić information content (AvgIpc) is 3.37. The van der Waals surface area contributed by atoms with Crippen LogP contribution in [-0.2, 0) is 28.6 Å². The highest BCUT2D eigenvalue weighted by molar-refractivity contribution is 5.71. The Bertz CT molecular complexity index is 1460. The average molecular weight is 986 g/mol. The first-order valence-electron chi connectivity index (χ1n) is 29.4. The van der Waals surface area contributed by atoms with Gasteiger partial charge in [-0.2, -0.15) is 0 Å². The number of ether oxygens (including phenoxy) is 3. The van der Waals surface area contributed by atoms with E-state index in [0.717, 1.165) is 96.3 Å². The summed E-state index contributed by atoms with van der Waals surface area (Å²) in [6.45, 7) is 6.37. The minimum absolute atomic E-state index is 0.105. The molecule has 0 heterocycles. The molecule has 6 heteroatoms. The summed E-state index contributed by atoms with van der Waals surface area (Å²) >= 11 is 0. The Balaban J connectivity index is 4.48. The van der Waals surface area contributed by atoms with Crippen molar-refractivity contribution in [2.45, 2.75) is 271 Å². The molecule has 0 aliphatic rings. The van der Waals surface area contributed by atoms with Crippen molar-refractivity contribution in [3.05, 3.63) is 109 Å². The van der Waals surface area contributed by atoms with Crippen LogP contribution in [-0.4, -0.2) is 37.2 Å². The lowest BCUT2D eigenvalue weighted by molar-refractivity contribution is -0.167. The monoisotopic (exact) mass is 985 g/mol. The van der Waals surface area contributed by atoms with E-state index in [0.29, 0.717) is 19.3 Å². The van der Waals surface area contributed by atoms with Crippen LogP contribution in [0, 0.1) is 0 Å². The van der Waals surface area contributed by atoms with Gasteiger partial charge in [0.05, 0.1) is 0 Å². The number of hydrogen-bond donors (Lipinski definition) is 0. The Labute approximate surface area is 438 Å². The normalized spacial score (nSPS) is 12.9. The molecule has 0 bridgehead atoms. The van der Waals surface area contributed by atoms with Crippen molar-refractivity contribution in [3.8, 4) is 0 Å². The van der Waals surface area contributed by atoms with Crippen LogP contribution in [0.1, 0.15) is 265 Å². The van der Waals surface area contributed by atoms with E-state index in [1.54, 1.807) is 0 Å². The minimum Gasteiger partial charge on any atom is -0.462 e. The Hall–Kier alpha value is -3.93. The second kappa shape index (κ2) is 58.6. The Morgan fingerprint density at radius 3 is 0.915 bits per heavy atom. The van der Waals surface area contributed by atoms with Crippen LogP contribution in [0.15, 0.2) is 109 Å². The fraction of sp³-hybridized carbons (Fsp3) is 0.677. The maximum absolute atomic E-state index is 12.8. The first kappa shape index (κ1) is 67.1. The van der Waals surface area contributed by atoms with Crippen molar-refractivity contribution in [2.24, 2.45) is 0 Å². The standard InChI is InChI=1S/C65H108O6/c1-4-7-10-13-16-19-22-25-28-31-32-35-37-40-43-46-49-52-55-58-64(67)70-61-62(71-65(68)59-56-53-50-47-44-41-38-34-30-27-24-21-18-15-12-9-6-3)60-69-63(66)57-54-51-48-45-42-39-36-33-29-26-23-20-17-14-11-8-5-2/h7,9-10,12,16,18-19,21,25-30,38,41,47,50,62H,4-6,8,11,13-15,17,20,22-24,31-37,39-40,42-46,48-49,51-61H2,1-3H3/b10-7-,12-9-,19-16-,21-18-,28-25-,29-26-,30-27-,41-38-,50-47-. The van der Waals surface area contributed by atoms with Gasteiger partial charge in [-0.05, 0) is 116 Å². The summed E-state index contributed by atoms with van der Waals surface area (Å²) in [7, 11) is 0. The van der Waals surface area contributed by atoms with Gasteiger partial charge in [-0.1, -0.05) is 239 Å². The van der Waals surface area contributed by atoms with Crippen LogP contribution < -0.4 is 0 Å². The van der Waals surface area contributed by atoms with Gasteiger partial charge in [0.15, 0.2) is 6.10 Å². The SMILES string of the molecule is CC/C=C\C/C=C\C/C=C\C/C=C\C/C=C\CCCC(=O)OC(COC(=O)CCCCCCCCC/C=C\CCCCCCCC)COC(=O)CCCCCCCCCCC/C=C\C/C=C\C/C=C\CC. The van der Waals surface area contributed by atoms with Gasteiger partial charge in [-0.15, -0.1) is 0 Å². The molecular weight excluding hydrogens is 877 g/mol. The number of carbonyl (C=O) groups excluding carboxylic acids is 3. The zero-order chi connectivity index (χ0) is 51.4. The molecule has 0 spiro atoms. The zero-order valence-electron chi connectivity index (χ0n) is 46.2. The topological polar surface area (TPSA) is 78.9 Å². The smallest absolute Gasteiger partial charge is 0.306 e. The van der Waals surface area contributed by atoms with Crippen molar-refractivity contribution in [3.63, 3.8) is 0 Å². The molecular formula is C65H108O6. The second-order valence-electron chi connectivity index (χ2n) is 19.1. The number of esters is 3. The number of carbonyl (C=O) groups is 3. The molecule has 1 unspecified atom stereocenters. The predicted octanol–water partition coefficient (Wildman–Crippen LogP) is 19.9. The molecule has 0 saturated heterocycles. The van der Waals surface area contributed by atoms with Gasteiger partial charge < -0.3 is 14.2 Å². The molecule has 1 atom stereocenters. The van der Waals surface area contributed by atoms with Crippen LogP contribution in [0.5, 0.6) is 0 Å². The van der Waals surface area contributed by atoms with Crippen LogP contribution in [0.25, 0.3) is 0 Å². The third-order valence-corrected chi connectivity index (χ3v) is 12.2. The van der Waals surface area contributed by atoms with Crippen molar-refractivity contribution in [1.29, 1.82) is 0 Å². The molecule has 71 heavy (non-hydrogen) atoms. The van der Waals surface area contributed by atoms with E-state index in [1.807, 2.05) is 0 Å². The Kier molecular flexibility index (Phi) is 55.4. The van der Waals surface area contributed by atoms with E-state index < -0.39 is 6.10 Å². The molecule has 0 N–H and O–H groups in total. The van der Waals surface area contributed by atoms with E-state index >= 15 is 0 Å². The van der Waals surface area contributed by atoms with Crippen LogP contribution in [0.3, 0.4) is 0 Å². The summed E-state index contributed by atoms with van der Waals surface area (Å²) in [6, 6.07) is 0. The quantitative estimate of drug-likeness (QED) is 0.0261. The Morgan fingerprint density at radius 2 is 0.563 bits per heavy atom. The minimum atomic E-state index is -0.814. The predicted molar refractivity (Wildman–Crippen MR) is 307 cm³/mol. The molecule has 6 nitrogen and oxygen atoms in total. The van der Waals surface area contributed by atoms with Crippen molar-refractivity contribution < 1.29 is 28.6 Å². The number of unbranched alkanes of at least 4 members (excludes halogenated alkanes) is 23. The maximum atomic E-state index is 12.8. The van der Waals surface area contributed by atoms with Crippen molar-refractivity contribution in [1.82, 2.24) is 0 Å². The van der Waals surface area contributed by atoms with E-state index in [1.165, 1.54) is 122 Å². The van der Waals surface area contributed by atoms with Crippen LogP contribution >= 0.6 is 0 Å². The number of hydrogen-bond acceptors (Lipinski definition) is 6. The van der Waals surface area contributed by atoms with Crippen LogP contribution in [0.4, 0.5) is 0 Å². The first-order chi connectivity index (χ1) is 35.0. The molecule has 0 aromatic heterocycles. The van der Waals surface area contributed by atoms with E-state index in [-0.39, 0.29) is 37.5 Å². The van der Waals surface area contributed by atoms with Crippen molar-refractivity contribution in [2.75, 3.05) is 13.2 Å². The summed E-state index contributed by atoms with van der Waals surface area (Å²) < 4.78 is 16.8. The third-order valence-electron chi connectivity index (χ3n) is 12.2. The third kappa shape index (κ3) is 56.9. The lowest BCUT2D eigenvalue weighted by Gasteiger charge is -2.18. The number of rotatable bonds is 52. The summed E-state index contributed by atoms with van der Waals surface area (Å²) in [5, 5.41) is 0. The zero-order valence-corrected chi connectivity index (χ0v) is 46.2. The largest absolute Gasteiger partial charge is 0.462 e. The van der Waals surface area contributed by atoms with Gasteiger partial charge in [-0.25, -0.2) is 0 Å². The molecule has 0 saturated carbocycles. The van der Waals surface area contributed by atoms with Crippen LogP contribution in [0.2, 0.25) is 0 Å². The van der Waals surface area contributed by atoms with E-state index in [9.17, 15) is 14.4 Å². The molecule has 0 aliphatic heterocycles. The van der Waals surface area contributed by atoms with E-state index in [2.05, 4.69) is 130 Å². The van der Waals surface area contributed by atoms with E-state index in [4.69, 9.17) is 14.2 Å². The highest BCUT2D eigenvalue weighted by atomic mass is 16.6. The first-order valence-corrected chi connectivity index (χ1v) is 29.4. The molecule has 0 fully saturated rings. The molecule has 0 radical (unpaired) electrons. The number of allylic oxidation sites excluding steroid dienone is 18. The summed E-state index contributed by atoms with van der Waals surface area (Å²) in [5.74, 6) is -0.971. The van der Waals surface area contributed by atoms with Gasteiger partial charge in [-0.3, -0.25) is 14.4 Å². The molecule has 404 valence electrons. The summed E-state index contributed by atoms with van der Waals surface area (Å²) in [4.78, 5) is 38.2. The maximum Gasteiger partial charge on any atom is 0.306 e. The van der Waals surface area contributed by atoms with Crippen molar-refractivity contribution >= 4 is 17.9 Å². The molecule has 0 amide bonds. The Morgan fingerprint density at radius 1 is 0.296 bits per heavy atom. The van der Waals surface area contributed by atoms with Gasteiger partial charge in [0.25, 0.3) is 0 Å². The van der Waals surface area contributed by atoms with Gasteiger partial charge >= 0.3 is 17.9 Å². The molecule has 0 aromatic rings. The van der Waals surface area contributed by atoms with Gasteiger partial charge in [0.2, 0.25) is 0 Å². The van der Waals surface area contributed by atoms with Gasteiger partial charge in [0.1, 0.15) is 13.2 Å². The highest BCUT2D eigenvalue weighted by Crippen LogP contribution is 2.15. The fourth-order valence-corrected chi connectivity index (χ4v) is 7.90. The molecule has 0 aliphatic carbocycles. The molecule has 0 rings (SSSR count). The summed E-state index contributed by atoms with van der Waals surface area (Å²) in [6.07, 6.45) is 79.4. The lowest BCUT2D eigenvalue weighted by Crippen LogP contribution is -2.30. The van der Waals surface area contributed by atoms with Gasteiger partial charge in [0, 0.05) is 19.3 Å². The fourth-order valence-electron chi connectivity index (χ4n) is 7.90. The molecule has 0 aromatic carbocycles. The highest BCUT2D eigenvalue weighted by Gasteiger charge is 2.19.